The van der Waals surface area contributed by atoms with Crippen molar-refractivity contribution in [3.63, 3.8) is 0 Å². The van der Waals surface area contributed by atoms with Gasteiger partial charge in [0, 0.05) is 5.57 Å². The Kier molecular flexibility index (Phi) is 5.44. The normalized spacial score (nSPS) is 14.8. The van der Waals surface area contributed by atoms with Gasteiger partial charge in [0.05, 0.1) is 11.4 Å². The summed E-state index contributed by atoms with van der Waals surface area (Å²) in [6.45, 7) is 13.5. The molecule has 0 aromatic carbocycles. The first-order chi connectivity index (χ1) is 6.29. The second-order valence-corrected chi connectivity index (χ2v) is 2.26. The molecule has 2 N–H and O–H groups in total. The van der Waals surface area contributed by atoms with Crippen molar-refractivity contribution in [2.45, 2.75) is 20.8 Å². The van der Waals surface area contributed by atoms with Gasteiger partial charge < -0.3 is 10.9 Å². The molecule has 1 heterocycles. The summed E-state index contributed by atoms with van der Waals surface area (Å²) in [4.78, 5) is 0. The van der Waals surface area contributed by atoms with E-state index in [2.05, 4.69) is 24.0 Å². The fraction of sp³-hybridized carbons (Fsp3) is 0.273. The Morgan fingerprint density at radius 3 is 2.31 bits per heavy atom. The molecule has 0 saturated heterocycles. The number of hydrazine groups is 1. The lowest BCUT2D eigenvalue weighted by Gasteiger charge is -1.95. The van der Waals surface area contributed by atoms with E-state index in [9.17, 15) is 0 Å². The van der Waals surface area contributed by atoms with E-state index in [0.717, 1.165) is 17.0 Å². The van der Waals surface area contributed by atoms with Crippen LogP contribution >= 0.6 is 0 Å². The highest BCUT2D eigenvalue weighted by Gasteiger charge is 2.10. The molecule has 0 unspecified atom stereocenters. The van der Waals surface area contributed by atoms with Crippen molar-refractivity contribution in [3.05, 3.63) is 48.4 Å². The molecule has 0 fully saturated rings. The first kappa shape index (κ1) is 11.6. The predicted molar refractivity (Wildman–Crippen MR) is 58.8 cm³/mol. The van der Waals surface area contributed by atoms with Gasteiger partial charge in [-0.05, 0) is 13.0 Å². The molecule has 0 bridgehead atoms. The van der Waals surface area contributed by atoms with Crippen molar-refractivity contribution in [3.8, 4) is 0 Å². The molecule has 0 aliphatic carbocycles. The molecule has 2 nitrogen and oxygen atoms in total. The molecule has 13 heavy (non-hydrogen) atoms. The Labute approximate surface area is 80.7 Å². The smallest absolute Gasteiger partial charge is 0.0627 e. The van der Waals surface area contributed by atoms with Crippen molar-refractivity contribution in [1.29, 1.82) is 0 Å². The first-order valence-electron chi connectivity index (χ1n) is 4.50. The van der Waals surface area contributed by atoms with Crippen LogP contribution in [0.1, 0.15) is 20.8 Å². The highest BCUT2D eigenvalue weighted by atomic mass is 15.4. The van der Waals surface area contributed by atoms with Gasteiger partial charge in [0.15, 0.2) is 0 Å². The fourth-order valence-corrected chi connectivity index (χ4v) is 0.958. The number of hydrogen-bond acceptors (Lipinski definition) is 2. The molecule has 0 spiro atoms. The summed E-state index contributed by atoms with van der Waals surface area (Å²) in [5.74, 6) is 0. The summed E-state index contributed by atoms with van der Waals surface area (Å²) >= 11 is 0. The van der Waals surface area contributed by atoms with Crippen LogP contribution in [0.2, 0.25) is 0 Å². The van der Waals surface area contributed by atoms with E-state index in [4.69, 9.17) is 0 Å². The van der Waals surface area contributed by atoms with Crippen LogP contribution in [0.15, 0.2) is 48.4 Å². The predicted octanol–water partition coefficient (Wildman–Crippen LogP) is 2.65. The lowest BCUT2D eigenvalue weighted by Crippen LogP contribution is -2.21. The maximum atomic E-state index is 3.82. The molecule has 0 atom stereocenters. The van der Waals surface area contributed by atoms with Gasteiger partial charge in [0.25, 0.3) is 0 Å². The maximum absolute atomic E-state index is 3.82. The lowest BCUT2D eigenvalue weighted by molar-refractivity contribution is 0.765. The van der Waals surface area contributed by atoms with Crippen LogP contribution in [0.3, 0.4) is 0 Å². The van der Waals surface area contributed by atoms with E-state index in [-0.39, 0.29) is 0 Å². The van der Waals surface area contributed by atoms with E-state index >= 15 is 0 Å². The van der Waals surface area contributed by atoms with E-state index in [1.807, 2.05) is 32.9 Å². The minimum Gasteiger partial charge on any atom is -0.301 e. The number of rotatable bonds is 2. The van der Waals surface area contributed by atoms with Crippen LogP contribution in [0.25, 0.3) is 0 Å². The summed E-state index contributed by atoms with van der Waals surface area (Å²) in [7, 11) is 0. The average Bonchev–Trinajstić information content (AvgIpc) is 2.52. The first-order valence-corrected chi connectivity index (χ1v) is 4.50. The molecule has 0 aromatic rings. The molecule has 1 aliphatic heterocycles. The number of allylic oxidation sites excluding steroid dienone is 3. The van der Waals surface area contributed by atoms with Crippen molar-refractivity contribution < 1.29 is 0 Å². The van der Waals surface area contributed by atoms with Crippen LogP contribution in [0, 0.1) is 0 Å². The van der Waals surface area contributed by atoms with Crippen LogP contribution in [-0.4, -0.2) is 0 Å². The van der Waals surface area contributed by atoms with Crippen LogP contribution in [0.5, 0.6) is 0 Å². The summed E-state index contributed by atoms with van der Waals surface area (Å²) in [5, 5.41) is 0. The summed E-state index contributed by atoms with van der Waals surface area (Å²) in [5.41, 5.74) is 8.80. The van der Waals surface area contributed by atoms with Crippen molar-refractivity contribution in [1.82, 2.24) is 10.9 Å². The zero-order valence-corrected chi connectivity index (χ0v) is 8.65. The van der Waals surface area contributed by atoms with Gasteiger partial charge in [-0.2, -0.15) is 0 Å². The molecule has 0 saturated carbocycles. The average molecular weight is 178 g/mol. The molecular weight excluding hydrogens is 160 g/mol. The minimum absolute atomic E-state index is 0.887. The number of nitrogens with one attached hydrogen (secondary N) is 2. The fourth-order valence-electron chi connectivity index (χ4n) is 0.958. The third-order valence-electron chi connectivity index (χ3n) is 1.50. The SMILES string of the molecule is C=CC1=C(/C=C\C)C(=C)NN1.CC. The zero-order chi connectivity index (χ0) is 10.3. The molecular formula is C11H18N2. The molecule has 0 aromatic heterocycles. The third-order valence-corrected chi connectivity index (χ3v) is 1.50. The van der Waals surface area contributed by atoms with E-state index in [0.29, 0.717) is 0 Å². The largest absolute Gasteiger partial charge is 0.301 e. The van der Waals surface area contributed by atoms with Gasteiger partial charge in [0.2, 0.25) is 0 Å². The van der Waals surface area contributed by atoms with E-state index in [1.54, 1.807) is 6.08 Å². The molecule has 2 heteroatoms. The Balaban J connectivity index is 0.000000671. The summed E-state index contributed by atoms with van der Waals surface area (Å²) in [6, 6.07) is 0. The van der Waals surface area contributed by atoms with Gasteiger partial charge in [0.1, 0.15) is 0 Å². The van der Waals surface area contributed by atoms with Crippen LogP contribution < -0.4 is 10.9 Å². The highest BCUT2D eigenvalue weighted by Crippen LogP contribution is 2.16. The zero-order valence-electron chi connectivity index (χ0n) is 8.65. The van der Waals surface area contributed by atoms with Crippen molar-refractivity contribution in [2.75, 3.05) is 0 Å². The summed E-state index contributed by atoms with van der Waals surface area (Å²) in [6.07, 6.45) is 5.73. The summed E-state index contributed by atoms with van der Waals surface area (Å²) < 4.78 is 0. The van der Waals surface area contributed by atoms with Gasteiger partial charge in [-0.15, -0.1) is 0 Å². The topological polar surface area (TPSA) is 24.1 Å². The van der Waals surface area contributed by atoms with Gasteiger partial charge in [-0.1, -0.05) is 39.2 Å². The molecule has 1 aliphatic rings. The Hall–Kier alpha value is -1.44. The monoisotopic (exact) mass is 178 g/mol. The van der Waals surface area contributed by atoms with Crippen molar-refractivity contribution in [2.24, 2.45) is 0 Å². The van der Waals surface area contributed by atoms with Gasteiger partial charge >= 0.3 is 0 Å². The highest BCUT2D eigenvalue weighted by molar-refractivity contribution is 5.47. The van der Waals surface area contributed by atoms with Gasteiger partial charge in [-0.25, -0.2) is 0 Å². The quantitative estimate of drug-likeness (QED) is 0.679. The molecule has 0 amide bonds. The van der Waals surface area contributed by atoms with Crippen LogP contribution in [0.4, 0.5) is 0 Å². The lowest BCUT2D eigenvalue weighted by atomic mass is 10.1. The third kappa shape index (κ3) is 2.82. The second kappa shape index (κ2) is 6.12. The Bertz CT molecular complexity index is 247. The molecule has 1 rings (SSSR count). The standard InChI is InChI=1S/C9H12N2.C2H6/c1-4-6-8-7(3)10-11-9(8)5-2;1-2/h4-6,10-11H,2-3H2,1H3;1-2H3/b6-4-;. The molecule has 72 valence electrons. The minimum atomic E-state index is 0.887. The van der Waals surface area contributed by atoms with Crippen molar-refractivity contribution >= 4 is 0 Å². The second-order valence-electron chi connectivity index (χ2n) is 2.26. The maximum Gasteiger partial charge on any atom is 0.0627 e. The van der Waals surface area contributed by atoms with E-state index < -0.39 is 0 Å². The van der Waals surface area contributed by atoms with Crippen LogP contribution in [-0.2, 0) is 0 Å². The molecule has 0 radical (unpaired) electrons. The number of hydrogen-bond donors (Lipinski definition) is 2. The van der Waals surface area contributed by atoms with Gasteiger partial charge in [-0.3, -0.25) is 0 Å². The van der Waals surface area contributed by atoms with E-state index in [1.165, 1.54) is 0 Å². The Morgan fingerprint density at radius 1 is 1.23 bits per heavy atom. The Morgan fingerprint density at radius 2 is 1.85 bits per heavy atom.